The third-order valence-electron chi connectivity index (χ3n) is 0.736. The van der Waals surface area contributed by atoms with Crippen LogP contribution < -0.4 is 5.43 Å². The Labute approximate surface area is 57.6 Å². The van der Waals surface area contributed by atoms with Gasteiger partial charge >= 0.3 is 0 Å². The minimum Gasteiger partial charge on any atom is -0.217 e. The van der Waals surface area contributed by atoms with Crippen molar-refractivity contribution in [2.24, 2.45) is 0 Å². The Morgan fingerprint density at radius 3 is 2.62 bits per heavy atom. The predicted octanol–water partition coefficient (Wildman–Crippen LogP) is 0.845. The molecule has 5 heteroatoms. The molecule has 0 saturated heterocycles. The number of hydrogen-bond acceptors (Lipinski definition) is 3. The zero-order valence-electron chi connectivity index (χ0n) is 4.01. The Bertz CT molecular complexity index is 105. The first-order valence-corrected chi connectivity index (χ1v) is 2.79. The van der Waals surface area contributed by atoms with Crippen molar-refractivity contribution >= 4 is 23.6 Å². The molecule has 0 amide bonds. The monoisotopic (exact) mass is 153 g/mol. The first-order chi connectivity index (χ1) is 3.80. The van der Waals surface area contributed by atoms with Gasteiger partial charge < -0.3 is 0 Å². The van der Waals surface area contributed by atoms with Crippen molar-refractivity contribution in [2.45, 2.75) is 0 Å². The lowest BCUT2D eigenvalue weighted by molar-refractivity contribution is 0.159. The summed E-state index contributed by atoms with van der Waals surface area (Å²) in [5, 5.41) is 0. The Morgan fingerprint density at radius 1 is 1.50 bits per heavy atom. The van der Waals surface area contributed by atoms with Gasteiger partial charge in [0, 0.05) is 36.3 Å². The second-order valence-electron chi connectivity index (χ2n) is 1.30. The van der Waals surface area contributed by atoms with E-state index < -0.39 is 0 Å². The third-order valence-corrected chi connectivity index (χ3v) is 1.36. The minimum atomic E-state index is 0.715. The first-order valence-electron chi connectivity index (χ1n) is 2.12. The lowest BCUT2D eigenvalue weighted by atomic mass is 10.6. The highest BCUT2D eigenvalue weighted by Crippen LogP contribution is 2.05. The van der Waals surface area contributed by atoms with Gasteiger partial charge in [-0.1, -0.05) is 6.08 Å². The molecule has 46 valence electrons. The van der Waals surface area contributed by atoms with Crippen LogP contribution in [0.25, 0.3) is 0 Å². The summed E-state index contributed by atoms with van der Waals surface area (Å²) >= 11 is 10.9. The van der Waals surface area contributed by atoms with Gasteiger partial charge in [-0.2, -0.15) is 4.53 Å². The molecule has 1 aliphatic heterocycles. The van der Waals surface area contributed by atoms with Crippen molar-refractivity contribution in [3.63, 3.8) is 0 Å². The fraction of sp³-hybridized carbons (Fsp3) is 0.333. The van der Waals surface area contributed by atoms with Crippen LogP contribution in [0.5, 0.6) is 0 Å². The van der Waals surface area contributed by atoms with E-state index in [0.29, 0.717) is 6.54 Å². The van der Waals surface area contributed by atoms with E-state index in [1.807, 2.05) is 6.08 Å². The highest BCUT2D eigenvalue weighted by Gasteiger charge is 2.06. The SMILES string of the molecule is ClN1C=CCNN1Cl. The number of hydrogen-bond donors (Lipinski definition) is 1. The molecular weight excluding hydrogens is 149 g/mol. The smallest absolute Gasteiger partial charge is 0.0348 e. The van der Waals surface area contributed by atoms with E-state index in [1.54, 1.807) is 6.20 Å². The van der Waals surface area contributed by atoms with E-state index >= 15 is 0 Å². The van der Waals surface area contributed by atoms with Gasteiger partial charge in [0.25, 0.3) is 0 Å². The van der Waals surface area contributed by atoms with Crippen LogP contribution in [0.3, 0.4) is 0 Å². The molecule has 0 fully saturated rings. The van der Waals surface area contributed by atoms with Crippen LogP contribution in [0.2, 0.25) is 0 Å². The molecule has 0 bridgehead atoms. The molecule has 3 nitrogen and oxygen atoms in total. The number of halogens is 2. The summed E-state index contributed by atoms with van der Waals surface area (Å²) in [7, 11) is 0. The van der Waals surface area contributed by atoms with Crippen molar-refractivity contribution in [3.8, 4) is 0 Å². The van der Waals surface area contributed by atoms with Crippen LogP contribution >= 0.6 is 23.6 Å². The third kappa shape index (κ3) is 1.26. The molecule has 8 heavy (non-hydrogen) atoms. The predicted molar refractivity (Wildman–Crippen MR) is 32.5 cm³/mol. The largest absolute Gasteiger partial charge is 0.217 e. The van der Waals surface area contributed by atoms with Crippen molar-refractivity contribution in [1.29, 1.82) is 0 Å². The summed E-state index contributed by atoms with van der Waals surface area (Å²) in [5.74, 6) is 0. The molecule has 0 atom stereocenters. The molecule has 0 spiro atoms. The van der Waals surface area contributed by atoms with Gasteiger partial charge in [-0.05, 0) is 4.64 Å². The van der Waals surface area contributed by atoms with Crippen LogP contribution in [-0.4, -0.2) is 15.7 Å². The zero-order chi connectivity index (χ0) is 5.98. The maximum absolute atomic E-state index is 5.45. The summed E-state index contributed by atoms with van der Waals surface area (Å²) in [4.78, 5) is 0. The second-order valence-corrected chi connectivity index (χ2v) is 1.96. The van der Waals surface area contributed by atoms with Gasteiger partial charge in [0.2, 0.25) is 0 Å². The Hall–Kier alpha value is 0.0400. The fourth-order valence-electron chi connectivity index (χ4n) is 0.394. The maximum Gasteiger partial charge on any atom is 0.0348 e. The minimum absolute atomic E-state index is 0.715. The topological polar surface area (TPSA) is 18.5 Å². The quantitative estimate of drug-likeness (QED) is 0.521. The molecule has 0 aliphatic carbocycles. The molecule has 0 unspecified atom stereocenters. The first kappa shape index (κ1) is 6.16. The van der Waals surface area contributed by atoms with Gasteiger partial charge in [0.1, 0.15) is 0 Å². The molecule has 0 radical (unpaired) electrons. The summed E-state index contributed by atoms with van der Waals surface area (Å²) in [6, 6.07) is 0. The molecule has 0 aromatic heterocycles. The molecule has 0 aromatic rings. The van der Waals surface area contributed by atoms with Crippen LogP contribution in [-0.2, 0) is 0 Å². The number of nitrogens with one attached hydrogen (secondary N) is 1. The fourth-order valence-corrected chi connectivity index (χ4v) is 0.646. The van der Waals surface area contributed by atoms with Crippen LogP contribution in [0.15, 0.2) is 12.3 Å². The van der Waals surface area contributed by atoms with Gasteiger partial charge in [-0.25, -0.2) is 5.43 Å². The molecule has 1 rings (SSSR count). The Balaban J connectivity index is 2.47. The van der Waals surface area contributed by atoms with Gasteiger partial charge in [0.05, 0.1) is 0 Å². The van der Waals surface area contributed by atoms with Crippen molar-refractivity contribution < 1.29 is 0 Å². The summed E-state index contributed by atoms with van der Waals surface area (Å²) in [6.45, 7) is 0.715. The summed E-state index contributed by atoms with van der Waals surface area (Å²) in [6.07, 6.45) is 3.51. The zero-order valence-corrected chi connectivity index (χ0v) is 5.52. The van der Waals surface area contributed by atoms with E-state index in [0.717, 1.165) is 0 Å². The molecule has 0 saturated carbocycles. The van der Waals surface area contributed by atoms with E-state index in [4.69, 9.17) is 23.6 Å². The van der Waals surface area contributed by atoms with E-state index in [2.05, 4.69) is 5.43 Å². The molecular formula is C3H5Cl2N3. The number of rotatable bonds is 0. The highest BCUT2D eigenvalue weighted by atomic mass is 35.5. The van der Waals surface area contributed by atoms with E-state index in [1.165, 1.54) is 9.16 Å². The molecule has 0 aromatic carbocycles. The van der Waals surface area contributed by atoms with Crippen molar-refractivity contribution in [3.05, 3.63) is 12.3 Å². The van der Waals surface area contributed by atoms with Crippen LogP contribution in [0.1, 0.15) is 0 Å². The Kier molecular flexibility index (Phi) is 1.96. The van der Waals surface area contributed by atoms with Crippen LogP contribution in [0, 0.1) is 0 Å². The highest BCUT2D eigenvalue weighted by molar-refractivity contribution is 6.19. The van der Waals surface area contributed by atoms with Gasteiger partial charge in [0.15, 0.2) is 0 Å². The lowest BCUT2D eigenvalue weighted by Crippen LogP contribution is -2.39. The van der Waals surface area contributed by atoms with Crippen molar-refractivity contribution in [2.75, 3.05) is 6.54 Å². The van der Waals surface area contributed by atoms with E-state index in [-0.39, 0.29) is 0 Å². The number of hydrazine groups is 2. The second kappa shape index (κ2) is 2.55. The molecule has 1 aliphatic rings. The summed E-state index contributed by atoms with van der Waals surface area (Å²) < 4.78 is 2.38. The van der Waals surface area contributed by atoms with E-state index in [9.17, 15) is 0 Å². The number of nitrogens with zero attached hydrogens (tertiary/aromatic N) is 2. The average Bonchev–Trinajstić information content (AvgIpc) is 1.77. The maximum atomic E-state index is 5.45. The van der Waals surface area contributed by atoms with Crippen LogP contribution in [0.4, 0.5) is 0 Å². The van der Waals surface area contributed by atoms with Gasteiger partial charge in [-0.15, -0.1) is 0 Å². The van der Waals surface area contributed by atoms with Crippen molar-refractivity contribution in [1.82, 2.24) is 14.6 Å². The lowest BCUT2D eigenvalue weighted by Gasteiger charge is -2.23. The standard InChI is InChI=1S/C3H5Cl2N3/c4-7-3-1-2-6-8(7)5/h1,3,6H,2H2. The summed E-state index contributed by atoms with van der Waals surface area (Å²) in [5.41, 5.74) is 2.74. The normalized spacial score (nSPS) is 22.0. The molecule has 1 N–H and O–H groups in total. The average molecular weight is 154 g/mol. The Morgan fingerprint density at radius 2 is 2.25 bits per heavy atom. The van der Waals surface area contributed by atoms with Gasteiger partial charge in [-0.3, -0.25) is 0 Å². The molecule has 1 heterocycles.